The summed E-state index contributed by atoms with van der Waals surface area (Å²) in [4.78, 5) is 19.2. The molecule has 1 saturated heterocycles. The summed E-state index contributed by atoms with van der Waals surface area (Å²) in [6.07, 6.45) is 3.91. The number of carbonyl (C=O) groups excluding carboxylic acids is 1. The fraction of sp³-hybridized carbons (Fsp3) is 0.550. The molecule has 3 rings (SSSR count). The Morgan fingerprint density at radius 1 is 1.36 bits per heavy atom. The Labute approximate surface area is 149 Å². The molecule has 5 heteroatoms. The third kappa shape index (κ3) is 4.68. The average Bonchev–Trinajstić information content (AvgIpc) is 3.02. The molecule has 2 aromatic heterocycles. The van der Waals surface area contributed by atoms with Crippen molar-refractivity contribution >= 4 is 5.91 Å². The smallest absolute Gasteiger partial charge is 0.292 e. The van der Waals surface area contributed by atoms with Crippen LogP contribution in [0.25, 0.3) is 0 Å². The minimum Gasteiger partial charge on any atom is -0.351 e. The van der Waals surface area contributed by atoms with Gasteiger partial charge in [0, 0.05) is 30.5 Å². The molecule has 1 amide bonds. The van der Waals surface area contributed by atoms with Crippen LogP contribution in [0.15, 0.2) is 28.8 Å². The Bertz CT molecular complexity index is 723. The number of hydrogen-bond donors (Lipinski definition) is 0. The molecule has 0 aliphatic carbocycles. The summed E-state index contributed by atoms with van der Waals surface area (Å²) in [7, 11) is 0. The highest BCUT2D eigenvalue weighted by Crippen LogP contribution is 2.22. The van der Waals surface area contributed by atoms with Gasteiger partial charge in [-0.15, -0.1) is 0 Å². The van der Waals surface area contributed by atoms with E-state index in [4.69, 9.17) is 4.52 Å². The van der Waals surface area contributed by atoms with Gasteiger partial charge in [0.1, 0.15) is 0 Å². The van der Waals surface area contributed by atoms with E-state index in [1.165, 1.54) is 0 Å². The third-order valence-corrected chi connectivity index (χ3v) is 4.64. The van der Waals surface area contributed by atoms with Crippen molar-refractivity contribution in [2.45, 2.75) is 46.5 Å². The number of rotatable bonds is 5. The molecule has 3 heterocycles. The summed E-state index contributed by atoms with van der Waals surface area (Å²) in [6.45, 7) is 7.82. The summed E-state index contributed by atoms with van der Waals surface area (Å²) in [5.41, 5.74) is 3.01. The zero-order valence-electron chi connectivity index (χ0n) is 15.4. The molecule has 0 radical (unpaired) electrons. The SMILES string of the molecule is Cc1cccc(C[C@H]2CCCN(C(=O)c3cc(CC(C)C)no3)C2)n1. The number of nitrogens with zero attached hydrogens (tertiary/aromatic N) is 3. The molecule has 1 aliphatic rings. The van der Waals surface area contributed by atoms with E-state index in [0.717, 1.165) is 55.9 Å². The molecular formula is C20H27N3O2. The quantitative estimate of drug-likeness (QED) is 0.832. The van der Waals surface area contributed by atoms with Crippen molar-refractivity contribution in [3.05, 3.63) is 47.1 Å². The number of aromatic nitrogens is 2. The van der Waals surface area contributed by atoms with Gasteiger partial charge in [-0.05, 0) is 56.6 Å². The second-order valence-electron chi connectivity index (χ2n) is 7.51. The number of amides is 1. The second kappa shape index (κ2) is 7.81. The Balaban J connectivity index is 1.62. The van der Waals surface area contributed by atoms with Crippen LogP contribution < -0.4 is 0 Å². The van der Waals surface area contributed by atoms with E-state index in [1.54, 1.807) is 6.07 Å². The standard InChI is InChI=1S/C20H27N3O2/c1-14(2)10-18-12-19(25-22-18)20(24)23-9-5-7-16(13-23)11-17-8-4-6-15(3)21-17/h4,6,8,12,14,16H,5,7,9-11,13H2,1-3H3/t16-/m1/s1. The molecule has 2 aromatic rings. The summed E-state index contributed by atoms with van der Waals surface area (Å²) in [6, 6.07) is 7.93. The monoisotopic (exact) mass is 341 g/mol. The Morgan fingerprint density at radius 2 is 2.20 bits per heavy atom. The van der Waals surface area contributed by atoms with Gasteiger partial charge in [-0.3, -0.25) is 9.78 Å². The molecule has 0 N–H and O–H groups in total. The summed E-state index contributed by atoms with van der Waals surface area (Å²) < 4.78 is 5.30. The van der Waals surface area contributed by atoms with Gasteiger partial charge in [0.05, 0.1) is 5.69 Å². The van der Waals surface area contributed by atoms with E-state index in [1.807, 2.05) is 24.0 Å². The average molecular weight is 341 g/mol. The van der Waals surface area contributed by atoms with E-state index in [2.05, 4.69) is 30.1 Å². The van der Waals surface area contributed by atoms with Gasteiger partial charge in [0.15, 0.2) is 0 Å². The van der Waals surface area contributed by atoms with E-state index in [-0.39, 0.29) is 5.91 Å². The van der Waals surface area contributed by atoms with Crippen LogP contribution in [0.3, 0.4) is 0 Å². The van der Waals surface area contributed by atoms with Crippen molar-refractivity contribution in [2.24, 2.45) is 11.8 Å². The van der Waals surface area contributed by atoms with Crippen LogP contribution >= 0.6 is 0 Å². The molecule has 1 fully saturated rings. The van der Waals surface area contributed by atoms with E-state index in [0.29, 0.717) is 17.6 Å². The van der Waals surface area contributed by atoms with Crippen LogP contribution in [0.1, 0.15) is 54.3 Å². The summed E-state index contributed by atoms with van der Waals surface area (Å²) in [5.74, 6) is 1.27. The first-order chi connectivity index (χ1) is 12.0. The molecule has 0 bridgehead atoms. The van der Waals surface area contributed by atoms with E-state index in [9.17, 15) is 4.79 Å². The van der Waals surface area contributed by atoms with Gasteiger partial charge >= 0.3 is 0 Å². The lowest BCUT2D eigenvalue weighted by Crippen LogP contribution is -2.40. The first kappa shape index (κ1) is 17.6. The van der Waals surface area contributed by atoms with Crippen LogP contribution in [0.4, 0.5) is 0 Å². The van der Waals surface area contributed by atoms with Crippen LogP contribution in [0.5, 0.6) is 0 Å². The van der Waals surface area contributed by atoms with Gasteiger partial charge in [-0.2, -0.15) is 0 Å². The Morgan fingerprint density at radius 3 is 2.96 bits per heavy atom. The first-order valence-corrected chi connectivity index (χ1v) is 9.18. The maximum atomic E-state index is 12.7. The molecule has 0 spiro atoms. The van der Waals surface area contributed by atoms with Gasteiger partial charge in [-0.25, -0.2) is 0 Å². The fourth-order valence-electron chi connectivity index (χ4n) is 3.51. The molecule has 1 aliphatic heterocycles. The molecule has 134 valence electrons. The zero-order valence-corrected chi connectivity index (χ0v) is 15.4. The van der Waals surface area contributed by atoms with Crippen molar-refractivity contribution in [3.8, 4) is 0 Å². The van der Waals surface area contributed by atoms with Crippen LogP contribution in [-0.4, -0.2) is 34.0 Å². The molecule has 5 nitrogen and oxygen atoms in total. The molecule has 25 heavy (non-hydrogen) atoms. The largest absolute Gasteiger partial charge is 0.351 e. The molecule has 0 unspecified atom stereocenters. The Hall–Kier alpha value is -2.17. The van der Waals surface area contributed by atoms with Crippen LogP contribution in [-0.2, 0) is 12.8 Å². The highest BCUT2D eigenvalue weighted by molar-refractivity contribution is 5.91. The lowest BCUT2D eigenvalue weighted by molar-refractivity contribution is 0.0631. The summed E-state index contributed by atoms with van der Waals surface area (Å²) in [5, 5.41) is 4.04. The predicted molar refractivity (Wildman–Crippen MR) is 96.4 cm³/mol. The third-order valence-electron chi connectivity index (χ3n) is 4.64. The number of likely N-dealkylation sites (tertiary alicyclic amines) is 1. The lowest BCUT2D eigenvalue weighted by Gasteiger charge is -2.32. The summed E-state index contributed by atoms with van der Waals surface area (Å²) >= 11 is 0. The predicted octanol–water partition coefficient (Wildman–Crippen LogP) is 3.67. The highest BCUT2D eigenvalue weighted by atomic mass is 16.5. The lowest BCUT2D eigenvalue weighted by atomic mass is 9.93. The van der Waals surface area contributed by atoms with Gasteiger partial charge in [-0.1, -0.05) is 25.1 Å². The first-order valence-electron chi connectivity index (χ1n) is 9.18. The maximum Gasteiger partial charge on any atom is 0.292 e. The topological polar surface area (TPSA) is 59.2 Å². The minimum absolute atomic E-state index is 0.0376. The molecule has 1 atom stereocenters. The Kier molecular flexibility index (Phi) is 5.51. The van der Waals surface area contributed by atoms with Crippen molar-refractivity contribution < 1.29 is 9.32 Å². The van der Waals surface area contributed by atoms with Crippen molar-refractivity contribution in [1.29, 1.82) is 0 Å². The normalized spacial score (nSPS) is 17.9. The van der Waals surface area contributed by atoms with Gasteiger partial charge < -0.3 is 9.42 Å². The maximum absolute atomic E-state index is 12.7. The van der Waals surface area contributed by atoms with Crippen molar-refractivity contribution in [1.82, 2.24) is 15.0 Å². The number of hydrogen-bond acceptors (Lipinski definition) is 4. The van der Waals surface area contributed by atoms with E-state index >= 15 is 0 Å². The molecular weight excluding hydrogens is 314 g/mol. The second-order valence-corrected chi connectivity index (χ2v) is 7.51. The van der Waals surface area contributed by atoms with Crippen LogP contribution in [0.2, 0.25) is 0 Å². The number of aryl methyl sites for hydroxylation is 1. The molecule has 0 saturated carbocycles. The van der Waals surface area contributed by atoms with E-state index < -0.39 is 0 Å². The van der Waals surface area contributed by atoms with Crippen LogP contribution in [0, 0.1) is 18.8 Å². The highest BCUT2D eigenvalue weighted by Gasteiger charge is 2.27. The van der Waals surface area contributed by atoms with Gasteiger partial charge in [0.25, 0.3) is 5.91 Å². The van der Waals surface area contributed by atoms with Gasteiger partial charge in [0.2, 0.25) is 5.76 Å². The number of carbonyl (C=O) groups is 1. The van der Waals surface area contributed by atoms with Crippen molar-refractivity contribution in [2.75, 3.05) is 13.1 Å². The zero-order chi connectivity index (χ0) is 17.8. The fourth-order valence-corrected chi connectivity index (χ4v) is 3.51. The number of pyridine rings is 1. The molecule has 0 aromatic carbocycles. The minimum atomic E-state index is -0.0376. The van der Waals surface area contributed by atoms with Crippen molar-refractivity contribution in [3.63, 3.8) is 0 Å². The number of piperidine rings is 1.